The van der Waals surface area contributed by atoms with Crippen LogP contribution in [0.15, 0.2) is 18.2 Å². The van der Waals surface area contributed by atoms with Crippen LogP contribution in [0.2, 0.25) is 0 Å². The molecule has 0 bridgehead atoms. The monoisotopic (exact) mass is 416 g/mol. The number of nitrogens with zero attached hydrogens (tertiary/aromatic N) is 1. The fourth-order valence-corrected chi connectivity index (χ4v) is 3.56. The topological polar surface area (TPSA) is 128 Å². The van der Waals surface area contributed by atoms with Gasteiger partial charge in [-0.05, 0) is 44.7 Å². The molecule has 0 aliphatic carbocycles. The van der Waals surface area contributed by atoms with Crippen molar-refractivity contribution in [2.75, 3.05) is 0 Å². The maximum atomic E-state index is 12.0. The Balaban J connectivity index is 2.94. The highest BCUT2D eigenvalue weighted by molar-refractivity contribution is 7.47. The second kappa shape index (κ2) is 10.7. The van der Waals surface area contributed by atoms with Crippen molar-refractivity contribution in [3.63, 3.8) is 0 Å². The summed E-state index contributed by atoms with van der Waals surface area (Å²) in [7, 11) is -4.38. The van der Waals surface area contributed by atoms with Gasteiger partial charge in [-0.25, -0.2) is 4.57 Å². The Labute approximate surface area is 165 Å². The molecule has 1 aromatic carbocycles. The number of carbonyl (C=O) groups is 1. The number of hydrogen-bond acceptors (Lipinski definition) is 6. The molecule has 2 N–H and O–H groups in total. The molecule has 0 aromatic heterocycles. The van der Waals surface area contributed by atoms with Crippen LogP contribution in [0.25, 0.3) is 0 Å². The highest BCUT2D eigenvalue weighted by Gasteiger charge is 2.30. The number of carbonyl (C=O) groups excluding carboxylic acids is 1. The van der Waals surface area contributed by atoms with Gasteiger partial charge >= 0.3 is 7.82 Å². The number of benzene rings is 1. The van der Waals surface area contributed by atoms with E-state index >= 15 is 0 Å². The number of amides is 1. The summed E-state index contributed by atoms with van der Waals surface area (Å²) in [4.78, 5) is 32.4. The maximum absolute atomic E-state index is 12.0. The quantitative estimate of drug-likeness (QED) is 0.313. The van der Waals surface area contributed by atoms with E-state index < -0.39 is 25.0 Å². The first-order valence-electron chi connectivity index (χ1n) is 9.14. The van der Waals surface area contributed by atoms with Crippen molar-refractivity contribution >= 4 is 19.4 Å². The highest BCUT2D eigenvalue weighted by atomic mass is 31.2. The van der Waals surface area contributed by atoms with Crippen LogP contribution in [-0.4, -0.2) is 21.8 Å². The Kier molecular flexibility index (Phi) is 9.23. The zero-order valence-corrected chi connectivity index (χ0v) is 17.8. The number of nitro groups is 1. The summed E-state index contributed by atoms with van der Waals surface area (Å²) in [6.45, 7) is 8.82. The molecule has 0 saturated heterocycles. The first-order chi connectivity index (χ1) is 12.9. The van der Waals surface area contributed by atoms with Crippen molar-refractivity contribution in [2.45, 2.75) is 66.2 Å². The van der Waals surface area contributed by atoms with Crippen molar-refractivity contribution in [2.24, 2.45) is 5.92 Å². The fraction of sp³-hybridized carbons (Fsp3) is 0.611. The van der Waals surface area contributed by atoms with Crippen molar-refractivity contribution in [3.05, 3.63) is 39.4 Å². The Morgan fingerprint density at radius 2 is 1.89 bits per heavy atom. The molecule has 1 amide bonds. The second-order valence-electron chi connectivity index (χ2n) is 7.23. The number of phosphoric ester groups is 1. The predicted octanol–water partition coefficient (Wildman–Crippen LogP) is 4.25. The van der Waals surface area contributed by atoms with Gasteiger partial charge in [0, 0.05) is 19.0 Å². The Morgan fingerprint density at radius 3 is 2.43 bits per heavy atom. The molecule has 2 atom stereocenters. The largest absolute Gasteiger partial charge is 0.473 e. The molecule has 0 aliphatic heterocycles. The molecule has 9 nitrogen and oxygen atoms in total. The third kappa shape index (κ3) is 8.48. The van der Waals surface area contributed by atoms with E-state index in [-0.39, 0.29) is 23.7 Å². The minimum Gasteiger partial charge on any atom is -0.352 e. The zero-order chi connectivity index (χ0) is 21.5. The van der Waals surface area contributed by atoms with Crippen LogP contribution in [0.3, 0.4) is 0 Å². The number of nitrogens with one attached hydrogen (secondary N) is 1. The van der Waals surface area contributed by atoms with Crippen molar-refractivity contribution < 1.29 is 28.2 Å². The third-order valence-corrected chi connectivity index (χ3v) is 5.07. The minimum absolute atomic E-state index is 0.108. The average molecular weight is 416 g/mol. The summed E-state index contributed by atoms with van der Waals surface area (Å²) >= 11 is 0. The van der Waals surface area contributed by atoms with Crippen molar-refractivity contribution in [1.29, 1.82) is 0 Å². The molecule has 0 saturated carbocycles. The average Bonchev–Trinajstić information content (AvgIpc) is 2.55. The second-order valence-corrected chi connectivity index (χ2v) is 8.59. The highest BCUT2D eigenvalue weighted by Crippen LogP contribution is 2.49. The molecule has 0 radical (unpaired) electrons. The first-order valence-corrected chi connectivity index (χ1v) is 10.6. The lowest BCUT2D eigenvalue weighted by molar-refractivity contribution is -0.386. The van der Waals surface area contributed by atoms with Crippen LogP contribution < -0.4 is 5.32 Å². The minimum atomic E-state index is -4.38. The Hall–Kier alpha value is -1.80. The fourth-order valence-electron chi connectivity index (χ4n) is 2.46. The summed E-state index contributed by atoms with van der Waals surface area (Å²) < 4.78 is 21.9. The summed E-state index contributed by atoms with van der Waals surface area (Å²) in [6.07, 6.45) is -0.446. The normalized spacial score (nSPS) is 14.7. The van der Waals surface area contributed by atoms with Gasteiger partial charge in [0.1, 0.15) is 0 Å². The van der Waals surface area contributed by atoms with Gasteiger partial charge in [-0.2, -0.15) is 0 Å². The van der Waals surface area contributed by atoms with E-state index in [9.17, 15) is 24.4 Å². The third-order valence-electron chi connectivity index (χ3n) is 3.80. The van der Waals surface area contributed by atoms with Crippen LogP contribution in [-0.2, 0) is 25.0 Å². The smallest absolute Gasteiger partial charge is 0.352 e. The van der Waals surface area contributed by atoms with Crippen molar-refractivity contribution in [1.82, 2.24) is 5.32 Å². The van der Waals surface area contributed by atoms with Gasteiger partial charge in [0.05, 0.1) is 22.7 Å². The molecule has 0 aliphatic rings. The van der Waals surface area contributed by atoms with Crippen LogP contribution in [0, 0.1) is 16.0 Å². The lowest BCUT2D eigenvalue weighted by Crippen LogP contribution is -2.23. The lowest BCUT2D eigenvalue weighted by Gasteiger charge is -2.20. The van der Waals surface area contributed by atoms with Crippen LogP contribution in [0.1, 0.15) is 64.7 Å². The van der Waals surface area contributed by atoms with E-state index in [1.807, 2.05) is 13.8 Å². The van der Waals surface area contributed by atoms with Gasteiger partial charge < -0.3 is 10.2 Å². The molecular formula is C18H29N2O7P. The van der Waals surface area contributed by atoms with E-state index in [1.165, 1.54) is 25.1 Å². The first kappa shape index (κ1) is 24.2. The molecule has 0 fully saturated rings. The Morgan fingerprint density at radius 1 is 1.25 bits per heavy atom. The van der Waals surface area contributed by atoms with Gasteiger partial charge in [-0.1, -0.05) is 19.9 Å². The summed E-state index contributed by atoms with van der Waals surface area (Å²) in [5, 5.41) is 14.1. The van der Waals surface area contributed by atoms with Gasteiger partial charge in [-0.15, -0.1) is 0 Å². The Bertz CT molecular complexity index is 737. The number of rotatable bonds is 11. The summed E-state index contributed by atoms with van der Waals surface area (Å²) in [6, 6.07) is 4.30. The molecule has 158 valence electrons. The number of phosphoric acid groups is 1. The van der Waals surface area contributed by atoms with Crippen LogP contribution >= 0.6 is 7.82 Å². The molecule has 2 unspecified atom stereocenters. The summed E-state index contributed by atoms with van der Waals surface area (Å²) in [5.74, 6) is 0.306. The molecule has 28 heavy (non-hydrogen) atoms. The van der Waals surface area contributed by atoms with Crippen LogP contribution in [0.4, 0.5) is 5.69 Å². The molecule has 0 spiro atoms. The number of hydrogen-bond donors (Lipinski definition) is 2. The maximum Gasteiger partial charge on any atom is 0.473 e. The molecular weight excluding hydrogens is 387 g/mol. The zero-order valence-electron chi connectivity index (χ0n) is 16.9. The van der Waals surface area contributed by atoms with E-state index in [1.54, 1.807) is 13.8 Å². The summed E-state index contributed by atoms with van der Waals surface area (Å²) in [5.41, 5.74) is 0.499. The van der Waals surface area contributed by atoms with Gasteiger partial charge in [0.25, 0.3) is 5.69 Å². The van der Waals surface area contributed by atoms with Crippen LogP contribution in [0.5, 0.6) is 0 Å². The van der Waals surface area contributed by atoms with Crippen molar-refractivity contribution in [3.8, 4) is 0 Å². The van der Waals surface area contributed by atoms with E-state index in [4.69, 9.17) is 9.05 Å². The van der Waals surface area contributed by atoms with Gasteiger partial charge in [-0.3, -0.25) is 24.0 Å². The SMILES string of the molecule is CC(C)CCC(=O)NCc1ccc([N+](=O)[O-])c(C(C)OP(=O)(O)OC(C)C)c1. The molecule has 10 heteroatoms. The van der Waals surface area contributed by atoms with Gasteiger partial charge in [0.2, 0.25) is 5.91 Å². The lowest BCUT2D eigenvalue weighted by atomic mass is 10.0. The standard InChI is InChI=1S/C18H29N2O7P/c1-12(2)6-9-18(21)19-11-15-7-8-17(20(22)23)16(10-15)14(5)27-28(24,25)26-13(3)4/h7-8,10,12-14H,6,9,11H2,1-5H3,(H,19,21)(H,24,25). The number of nitro benzene ring substituents is 1. The molecule has 1 rings (SSSR count). The predicted molar refractivity (Wildman–Crippen MR) is 105 cm³/mol. The molecule has 0 heterocycles. The van der Waals surface area contributed by atoms with E-state index in [2.05, 4.69) is 5.32 Å². The van der Waals surface area contributed by atoms with E-state index in [0.717, 1.165) is 6.42 Å². The van der Waals surface area contributed by atoms with Gasteiger partial charge in [0.15, 0.2) is 0 Å². The molecule has 1 aromatic rings. The van der Waals surface area contributed by atoms with E-state index in [0.29, 0.717) is 17.9 Å².